The van der Waals surface area contributed by atoms with Crippen molar-refractivity contribution in [3.63, 3.8) is 0 Å². The van der Waals surface area contributed by atoms with Crippen molar-refractivity contribution in [3.8, 4) is 5.75 Å². The minimum absolute atomic E-state index is 0.164. The Kier molecular flexibility index (Phi) is 10.7. The van der Waals surface area contributed by atoms with Gasteiger partial charge in [-0.1, -0.05) is 29.3 Å². The molecule has 44 heavy (non-hydrogen) atoms. The highest BCUT2D eigenvalue weighted by Gasteiger charge is 2.35. The van der Waals surface area contributed by atoms with E-state index in [9.17, 15) is 14.4 Å². The number of nitrogens with two attached hydrogens (primary N) is 1. The van der Waals surface area contributed by atoms with Gasteiger partial charge in [0.05, 0.1) is 34.4 Å². The third kappa shape index (κ3) is 7.31. The number of nitrogens with zero attached hydrogens (tertiary/aromatic N) is 4. The molecule has 1 aromatic heterocycles. The molecule has 0 saturated carbocycles. The quantitative estimate of drug-likeness (QED) is 0.243. The van der Waals surface area contributed by atoms with E-state index in [2.05, 4.69) is 9.80 Å². The second kappa shape index (κ2) is 14.6. The van der Waals surface area contributed by atoms with Crippen molar-refractivity contribution in [1.29, 1.82) is 0 Å². The first-order valence-corrected chi connectivity index (χ1v) is 15.9. The van der Waals surface area contributed by atoms with Crippen molar-refractivity contribution < 1.29 is 19.1 Å². The minimum Gasteiger partial charge on any atom is -0.494 e. The van der Waals surface area contributed by atoms with Gasteiger partial charge in [-0.15, -0.1) is 0 Å². The zero-order valence-electron chi connectivity index (χ0n) is 24.9. The van der Waals surface area contributed by atoms with Crippen molar-refractivity contribution in [2.75, 3.05) is 57.3 Å². The molecule has 1 amide bonds. The summed E-state index contributed by atoms with van der Waals surface area (Å²) in [4.78, 5) is 44.2. The van der Waals surface area contributed by atoms with Crippen molar-refractivity contribution >= 4 is 51.7 Å². The fourth-order valence-electron chi connectivity index (χ4n) is 6.00. The lowest BCUT2D eigenvalue weighted by atomic mass is 10.2. The van der Waals surface area contributed by atoms with E-state index >= 15 is 0 Å². The molecule has 2 aromatic carbocycles. The topological polar surface area (TPSA) is 110 Å². The number of rotatable bonds is 11. The normalized spacial score (nSPS) is 18.0. The standard InChI is InChI=1S/C32H39Cl2N5O5/c1-22(44-32(42)27-8-5-14-38(27)30(41)21-35)39-28-20-24(11-9-23(28)10-12-29(39)40)43-19-3-2-13-36-15-17-37(18-16-36)26-7-4-6-25(33)31(26)34/h4,6-7,9-12,20,22,27H,2-3,5,8,13-19,21,35H2,1H3. The van der Waals surface area contributed by atoms with Crippen LogP contribution in [0.4, 0.5) is 5.69 Å². The number of fused-ring (bicyclic) bond motifs is 1. The van der Waals surface area contributed by atoms with Crippen LogP contribution in [0, 0.1) is 0 Å². The third-order valence-electron chi connectivity index (χ3n) is 8.36. The molecule has 0 bridgehead atoms. The summed E-state index contributed by atoms with van der Waals surface area (Å²) in [5, 5.41) is 2.00. The van der Waals surface area contributed by atoms with Gasteiger partial charge >= 0.3 is 5.97 Å². The number of halogens is 2. The van der Waals surface area contributed by atoms with Crippen LogP contribution in [0.25, 0.3) is 10.9 Å². The summed E-state index contributed by atoms with van der Waals surface area (Å²) < 4.78 is 13.2. The monoisotopic (exact) mass is 643 g/mol. The van der Waals surface area contributed by atoms with E-state index < -0.39 is 18.2 Å². The van der Waals surface area contributed by atoms with Gasteiger partial charge in [-0.2, -0.15) is 0 Å². The predicted molar refractivity (Wildman–Crippen MR) is 173 cm³/mol. The Balaban J connectivity index is 1.13. The summed E-state index contributed by atoms with van der Waals surface area (Å²) >= 11 is 12.6. The molecule has 2 atom stereocenters. The molecular formula is C32H39Cl2N5O5. The molecule has 2 fully saturated rings. The highest BCUT2D eigenvalue weighted by molar-refractivity contribution is 6.43. The summed E-state index contributed by atoms with van der Waals surface area (Å²) in [6.07, 6.45) is 2.21. The van der Waals surface area contributed by atoms with Gasteiger partial charge in [0.15, 0.2) is 6.23 Å². The van der Waals surface area contributed by atoms with E-state index in [1.54, 1.807) is 25.1 Å². The second-order valence-electron chi connectivity index (χ2n) is 11.2. The first-order valence-electron chi connectivity index (χ1n) is 15.2. The number of anilines is 1. The molecule has 2 N–H and O–H groups in total. The molecule has 2 unspecified atom stereocenters. The van der Waals surface area contributed by atoms with Gasteiger partial charge in [-0.3, -0.25) is 19.1 Å². The molecule has 10 nitrogen and oxygen atoms in total. The van der Waals surface area contributed by atoms with Crippen molar-refractivity contribution in [1.82, 2.24) is 14.4 Å². The highest BCUT2D eigenvalue weighted by Crippen LogP contribution is 2.33. The molecule has 3 heterocycles. The lowest BCUT2D eigenvalue weighted by Gasteiger charge is -2.36. The summed E-state index contributed by atoms with van der Waals surface area (Å²) in [6.45, 7) is 7.18. The molecular weight excluding hydrogens is 605 g/mol. The summed E-state index contributed by atoms with van der Waals surface area (Å²) in [6, 6.07) is 13.8. The van der Waals surface area contributed by atoms with Crippen LogP contribution in [0.5, 0.6) is 5.75 Å². The van der Waals surface area contributed by atoms with E-state index in [0.717, 1.165) is 56.6 Å². The molecule has 2 saturated heterocycles. The number of carbonyl (C=O) groups is 2. The van der Waals surface area contributed by atoms with Gasteiger partial charge in [0.1, 0.15) is 11.8 Å². The Morgan fingerprint density at radius 3 is 2.57 bits per heavy atom. The highest BCUT2D eigenvalue weighted by atomic mass is 35.5. The first kappa shape index (κ1) is 32.1. The number of ether oxygens (including phenoxy) is 2. The Morgan fingerprint density at radius 1 is 1.02 bits per heavy atom. The second-order valence-corrected chi connectivity index (χ2v) is 12.0. The van der Waals surface area contributed by atoms with Gasteiger partial charge in [0.25, 0.3) is 5.56 Å². The number of piperazine rings is 1. The number of hydrogen-bond donors (Lipinski definition) is 1. The van der Waals surface area contributed by atoms with Gasteiger partial charge in [-0.25, -0.2) is 4.79 Å². The number of likely N-dealkylation sites (tertiary alicyclic amines) is 1. The van der Waals surface area contributed by atoms with Crippen molar-refractivity contribution in [2.45, 2.75) is 44.9 Å². The van der Waals surface area contributed by atoms with Crippen LogP contribution >= 0.6 is 23.2 Å². The van der Waals surface area contributed by atoms with E-state index in [1.165, 1.54) is 15.5 Å². The van der Waals surface area contributed by atoms with E-state index in [4.69, 9.17) is 38.4 Å². The maximum absolute atomic E-state index is 13.0. The average molecular weight is 645 g/mol. The Hall–Kier alpha value is -3.31. The van der Waals surface area contributed by atoms with Crippen LogP contribution in [0.1, 0.15) is 38.8 Å². The summed E-state index contributed by atoms with van der Waals surface area (Å²) in [7, 11) is 0. The SMILES string of the molecule is CC(OC(=O)C1CCCN1C(=O)CN)n1c(=O)ccc2ccc(OCCCCN3CCN(c4cccc(Cl)c4Cl)CC3)cc21. The van der Waals surface area contributed by atoms with Crippen molar-refractivity contribution in [2.24, 2.45) is 5.73 Å². The third-order valence-corrected chi connectivity index (χ3v) is 9.17. The lowest BCUT2D eigenvalue weighted by Crippen LogP contribution is -2.46. The fourth-order valence-corrected chi connectivity index (χ4v) is 6.42. The zero-order valence-corrected chi connectivity index (χ0v) is 26.4. The Bertz CT molecular complexity index is 1540. The molecule has 236 valence electrons. The van der Waals surface area contributed by atoms with Crippen LogP contribution in [-0.2, 0) is 14.3 Å². The maximum Gasteiger partial charge on any atom is 0.330 e. The molecule has 5 rings (SSSR count). The molecule has 2 aliphatic rings. The summed E-state index contributed by atoms with van der Waals surface area (Å²) in [5.41, 5.74) is 6.80. The maximum atomic E-state index is 13.0. The van der Waals surface area contributed by atoms with Gasteiger partial charge < -0.3 is 25.0 Å². The zero-order chi connectivity index (χ0) is 31.2. The molecule has 2 aliphatic heterocycles. The number of unbranched alkanes of at least 4 members (excludes halogenated alkanes) is 1. The lowest BCUT2D eigenvalue weighted by molar-refractivity contribution is -0.160. The van der Waals surface area contributed by atoms with Gasteiger partial charge in [0.2, 0.25) is 5.91 Å². The molecule has 0 radical (unpaired) electrons. The number of pyridine rings is 1. The van der Waals surface area contributed by atoms with Gasteiger partial charge in [-0.05, 0) is 74.9 Å². The van der Waals surface area contributed by atoms with E-state index in [1.807, 2.05) is 24.3 Å². The van der Waals surface area contributed by atoms with Gasteiger partial charge in [0, 0.05) is 44.9 Å². The summed E-state index contributed by atoms with van der Waals surface area (Å²) in [5.74, 6) is -0.191. The molecule has 0 spiro atoms. The molecule has 12 heteroatoms. The number of benzene rings is 2. The minimum atomic E-state index is -0.875. The number of aromatic nitrogens is 1. The first-order chi connectivity index (χ1) is 21.3. The van der Waals surface area contributed by atoms with E-state index in [0.29, 0.717) is 47.3 Å². The van der Waals surface area contributed by atoms with Crippen LogP contribution < -0.4 is 20.9 Å². The fraction of sp³-hybridized carbons (Fsp3) is 0.469. The number of amides is 1. The van der Waals surface area contributed by atoms with Crippen LogP contribution in [0.3, 0.4) is 0 Å². The Morgan fingerprint density at radius 2 is 1.80 bits per heavy atom. The van der Waals surface area contributed by atoms with Crippen LogP contribution in [0.15, 0.2) is 53.3 Å². The predicted octanol–water partition coefficient (Wildman–Crippen LogP) is 4.30. The molecule has 0 aliphatic carbocycles. The number of carbonyl (C=O) groups excluding carboxylic acids is 2. The molecule has 3 aromatic rings. The average Bonchev–Trinajstić information content (AvgIpc) is 3.52. The smallest absolute Gasteiger partial charge is 0.330 e. The van der Waals surface area contributed by atoms with Crippen LogP contribution in [-0.4, -0.2) is 84.7 Å². The van der Waals surface area contributed by atoms with E-state index in [-0.39, 0.29) is 18.0 Å². The largest absolute Gasteiger partial charge is 0.494 e. The van der Waals surface area contributed by atoms with Crippen molar-refractivity contribution in [3.05, 3.63) is 68.9 Å². The Labute approximate surface area is 267 Å². The number of hydrogen-bond acceptors (Lipinski definition) is 8. The number of esters is 1. The van der Waals surface area contributed by atoms with Crippen LogP contribution in [0.2, 0.25) is 10.0 Å².